The largest absolute Gasteiger partial charge is 0.354 e. The molecule has 1 fully saturated rings. The molecule has 1 amide bonds. The third-order valence-electron chi connectivity index (χ3n) is 4.81. The Balaban J connectivity index is 1.47. The zero-order valence-electron chi connectivity index (χ0n) is 15.8. The number of benzene rings is 2. The third kappa shape index (κ3) is 5.16. The first kappa shape index (κ1) is 19.9. The van der Waals surface area contributed by atoms with Crippen LogP contribution in [0.2, 0.25) is 0 Å². The van der Waals surface area contributed by atoms with Crippen molar-refractivity contribution in [1.82, 2.24) is 9.97 Å². The van der Waals surface area contributed by atoms with E-state index in [-0.39, 0.29) is 11.8 Å². The molecule has 7 heteroatoms. The standard InChI is InChI=1S/C22H21BrN4OS/c23-17-8-10-18(11-9-17)26-21(28)16-5-4-14-27(15-16)20-22(25-13-12-24-20)29-19-6-2-1-3-7-19/h1-3,6-13,16H,4-5,14-15H2,(H,26,28)/t16-/m0/s1. The predicted octanol–water partition coefficient (Wildman–Crippen LogP) is 5.25. The van der Waals surface area contributed by atoms with Crippen LogP contribution in [0.25, 0.3) is 0 Å². The van der Waals surface area contributed by atoms with Crippen molar-refractivity contribution in [3.63, 3.8) is 0 Å². The fourth-order valence-corrected chi connectivity index (χ4v) is 4.54. The molecule has 1 N–H and O–H groups in total. The molecule has 1 aliphatic heterocycles. The smallest absolute Gasteiger partial charge is 0.229 e. The van der Waals surface area contributed by atoms with Gasteiger partial charge in [0, 0.05) is 40.5 Å². The topological polar surface area (TPSA) is 58.1 Å². The first-order chi connectivity index (χ1) is 14.2. The second kappa shape index (κ2) is 9.41. The minimum Gasteiger partial charge on any atom is -0.354 e. The van der Waals surface area contributed by atoms with Crippen LogP contribution < -0.4 is 10.2 Å². The Hall–Kier alpha value is -2.38. The summed E-state index contributed by atoms with van der Waals surface area (Å²) in [4.78, 5) is 25.3. The summed E-state index contributed by atoms with van der Waals surface area (Å²) in [5, 5.41) is 3.91. The Bertz CT molecular complexity index is 968. The maximum Gasteiger partial charge on any atom is 0.229 e. The van der Waals surface area contributed by atoms with Crippen molar-refractivity contribution in [2.75, 3.05) is 23.3 Å². The van der Waals surface area contributed by atoms with Gasteiger partial charge in [-0.25, -0.2) is 9.97 Å². The van der Waals surface area contributed by atoms with Crippen LogP contribution in [0.5, 0.6) is 0 Å². The summed E-state index contributed by atoms with van der Waals surface area (Å²) in [6.07, 6.45) is 5.26. The maximum atomic E-state index is 12.8. The number of rotatable bonds is 5. The van der Waals surface area contributed by atoms with Gasteiger partial charge in [0.2, 0.25) is 5.91 Å². The van der Waals surface area contributed by atoms with Crippen LogP contribution in [0.15, 0.2) is 81.4 Å². The van der Waals surface area contributed by atoms with E-state index in [1.54, 1.807) is 24.2 Å². The van der Waals surface area contributed by atoms with Gasteiger partial charge in [-0.3, -0.25) is 4.79 Å². The molecule has 1 saturated heterocycles. The molecule has 5 nitrogen and oxygen atoms in total. The van der Waals surface area contributed by atoms with E-state index >= 15 is 0 Å². The lowest BCUT2D eigenvalue weighted by Crippen LogP contribution is -2.41. The molecule has 0 spiro atoms. The van der Waals surface area contributed by atoms with Crippen molar-refractivity contribution in [1.29, 1.82) is 0 Å². The summed E-state index contributed by atoms with van der Waals surface area (Å²) in [7, 11) is 0. The molecule has 2 aromatic carbocycles. The van der Waals surface area contributed by atoms with Gasteiger partial charge in [0.1, 0.15) is 5.03 Å². The molecule has 0 unspecified atom stereocenters. The number of hydrogen-bond donors (Lipinski definition) is 1. The minimum absolute atomic E-state index is 0.0539. The zero-order valence-corrected chi connectivity index (χ0v) is 18.2. The van der Waals surface area contributed by atoms with Crippen molar-refractivity contribution in [2.24, 2.45) is 5.92 Å². The Morgan fingerprint density at radius 1 is 1.07 bits per heavy atom. The van der Waals surface area contributed by atoms with E-state index in [0.717, 1.165) is 45.3 Å². The fraction of sp³-hybridized carbons (Fsp3) is 0.227. The van der Waals surface area contributed by atoms with Crippen molar-refractivity contribution in [2.45, 2.75) is 22.8 Å². The average Bonchev–Trinajstić information content (AvgIpc) is 2.76. The van der Waals surface area contributed by atoms with Crippen molar-refractivity contribution < 1.29 is 4.79 Å². The van der Waals surface area contributed by atoms with Crippen LogP contribution in [-0.4, -0.2) is 29.0 Å². The SMILES string of the molecule is O=C(Nc1ccc(Br)cc1)[C@H]1CCCN(c2nccnc2Sc2ccccc2)C1. The first-order valence-electron chi connectivity index (χ1n) is 9.54. The number of anilines is 2. The predicted molar refractivity (Wildman–Crippen MR) is 120 cm³/mol. The molecular weight excluding hydrogens is 448 g/mol. The number of carbonyl (C=O) groups is 1. The molecule has 4 rings (SSSR count). The third-order valence-corrected chi connectivity index (χ3v) is 6.33. The van der Waals surface area contributed by atoms with Gasteiger partial charge in [-0.15, -0.1) is 0 Å². The highest BCUT2D eigenvalue weighted by Gasteiger charge is 2.28. The normalized spacial score (nSPS) is 16.4. The summed E-state index contributed by atoms with van der Waals surface area (Å²) in [6, 6.07) is 17.8. The van der Waals surface area contributed by atoms with E-state index in [4.69, 9.17) is 0 Å². The van der Waals surface area contributed by atoms with E-state index in [1.165, 1.54) is 0 Å². The second-order valence-electron chi connectivity index (χ2n) is 6.88. The summed E-state index contributed by atoms with van der Waals surface area (Å²) in [5.74, 6) is 0.824. The highest BCUT2D eigenvalue weighted by molar-refractivity contribution is 9.10. The van der Waals surface area contributed by atoms with E-state index in [2.05, 4.69) is 48.2 Å². The Morgan fingerprint density at radius 2 is 1.83 bits per heavy atom. The van der Waals surface area contributed by atoms with Crippen LogP contribution in [-0.2, 0) is 4.79 Å². The maximum absolute atomic E-state index is 12.8. The van der Waals surface area contributed by atoms with Gasteiger partial charge in [-0.2, -0.15) is 0 Å². The summed E-state index contributed by atoms with van der Waals surface area (Å²) in [6.45, 7) is 1.52. The Morgan fingerprint density at radius 3 is 2.62 bits per heavy atom. The number of nitrogens with zero attached hydrogens (tertiary/aromatic N) is 3. The number of halogens is 1. The lowest BCUT2D eigenvalue weighted by atomic mass is 9.97. The summed E-state index contributed by atoms with van der Waals surface area (Å²) >= 11 is 5.02. The second-order valence-corrected chi connectivity index (χ2v) is 8.86. The molecule has 1 aliphatic rings. The van der Waals surface area contributed by atoms with E-state index in [1.807, 2.05) is 42.5 Å². The van der Waals surface area contributed by atoms with E-state index in [0.29, 0.717) is 6.54 Å². The number of piperidine rings is 1. The highest BCUT2D eigenvalue weighted by Crippen LogP contribution is 2.34. The van der Waals surface area contributed by atoms with Crippen LogP contribution >= 0.6 is 27.7 Å². The van der Waals surface area contributed by atoms with Crippen molar-refractivity contribution in [3.8, 4) is 0 Å². The molecule has 1 atom stereocenters. The van der Waals surface area contributed by atoms with Crippen LogP contribution in [0.1, 0.15) is 12.8 Å². The highest BCUT2D eigenvalue weighted by atomic mass is 79.9. The van der Waals surface area contributed by atoms with E-state index < -0.39 is 0 Å². The monoisotopic (exact) mass is 468 g/mol. The van der Waals surface area contributed by atoms with Crippen LogP contribution in [0.4, 0.5) is 11.5 Å². The quantitative estimate of drug-likeness (QED) is 0.554. The molecule has 29 heavy (non-hydrogen) atoms. The molecular formula is C22H21BrN4OS. The first-order valence-corrected chi connectivity index (χ1v) is 11.2. The van der Waals surface area contributed by atoms with Gasteiger partial charge in [0.15, 0.2) is 5.82 Å². The van der Waals surface area contributed by atoms with Gasteiger partial charge in [0.25, 0.3) is 0 Å². The summed E-state index contributed by atoms with van der Waals surface area (Å²) < 4.78 is 0.991. The number of amides is 1. The van der Waals surface area contributed by atoms with Crippen LogP contribution in [0.3, 0.4) is 0 Å². The zero-order chi connectivity index (χ0) is 20.1. The van der Waals surface area contributed by atoms with Gasteiger partial charge in [0.05, 0.1) is 5.92 Å². The number of hydrogen-bond acceptors (Lipinski definition) is 5. The van der Waals surface area contributed by atoms with Crippen molar-refractivity contribution >= 4 is 45.1 Å². The lowest BCUT2D eigenvalue weighted by Gasteiger charge is -2.33. The lowest BCUT2D eigenvalue weighted by molar-refractivity contribution is -0.120. The molecule has 2 heterocycles. The summed E-state index contributed by atoms with van der Waals surface area (Å²) in [5.41, 5.74) is 0.815. The van der Waals surface area contributed by atoms with Crippen molar-refractivity contribution in [3.05, 3.63) is 71.5 Å². The van der Waals surface area contributed by atoms with Gasteiger partial charge >= 0.3 is 0 Å². The average molecular weight is 469 g/mol. The molecule has 0 aliphatic carbocycles. The van der Waals surface area contributed by atoms with Crippen LogP contribution in [0, 0.1) is 5.92 Å². The number of carbonyl (C=O) groups excluding carboxylic acids is 1. The molecule has 0 saturated carbocycles. The van der Waals surface area contributed by atoms with Gasteiger partial charge in [-0.05, 0) is 49.2 Å². The van der Waals surface area contributed by atoms with Gasteiger partial charge < -0.3 is 10.2 Å². The molecule has 3 aromatic rings. The minimum atomic E-state index is -0.0796. The van der Waals surface area contributed by atoms with E-state index in [9.17, 15) is 4.79 Å². The molecule has 0 radical (unpaired) electrons. The molecule has 0 bridgehead atoms. The number of nitrogens with one attached hydrogen (secondary N) is 1. The molecule has 1 aromatic heterocycles. The Labute approximate surface area is 183 Å². The number of aromatic nitrogens is 2. The van der Waals surface area contributed by atoms with Gasteiger partial charge in [-0.1, -0.05) is 45.9 Å². The Kier molecular flexibility index (Phi) is 6.46. The molecule has 148 valence electrons. The fourth-order valence-electron chi connectivity index (χ4n) is 3.37.